The Morgan fingerprint density at radius 2 is 0.838 bits per heavy atom. The average molecular weight is 1120 g/mol. The van der Waals surface area contributed by atoms with Gasteiger partial charge in [0.05, 0.1) is 23.5 Å². The number of benzene rings is 2. The molecule has 2 aromatic carbocycles. The lowest BCUT2D eigenvalue weighted by atomic mass is 9.65. The van der Waals surface area contributed by atoms with Crippen molar-refractivity contribution in [3.63, 3.8) is 0 Å². The van der Waals surface area contributed by atoms with Crippen molar-refractivity contribution in [3.05, 3.63) is 70.1 Å². The molecule has 7 heterocycles. The van der Waals surface area contributed by atoms with E-state index in [2.05, 4.69) is 140 Å². The summed E-state index contributed by atoms with van der Waals surface area (Å²) in [5, 5.41) is 3.54. The van der Waals surface area contributed by atoms with E-state index >= 15 is 0 Å². The van der Waals surface area contributed by atoms with E-state index in [9.17, 15) is 0 Å². The molecule has 1 aliphatic carbocycles. The Morgan fingerprint density at radius 3 is 1.31 bits per heavy atom. The van der Waals surface area contributed by atoms with Crippen LogP contribution in [0.5, 0.6) is 0 Å². The Balaban J connectivity index is 1.11. The Labute approximate surface area is 470 Å². The Hall–Kier alpha value is -2.90. The number of hydrogen-bond donors (Lipinski definition) is 0. The first-order chi connectivity index (χ1) is 36.1. The van der Waals surface area contributed by atoms with Crippen LogP contribution in [0.2, 0.25) is 12.1 Å². The van der Waals surface area contributed by atoms with Crippen LogP contribution >= 0.6 is 68.8 Å². The van der Waals surface area contributed by atoms with E-state index < -0.39 is 8.07 Å². The minimum Gasteiger partial charge on any atom is -0.173 e. The van der Waals surface area contributed by atoms with Crippen LogP contribution in [0.25, 0.3) is 72.9 Å². The summed E-state index contributed by atoms with van der Waals surface area (Å²) < 4.78 is 20.2. The van der Waals surface area contributed by atoms with Crippen molar-refractivity contribution in [1.82, 2.24) is 17.5 Å². The number of fused-ring (bicyclic) bond motifs is 8. The summed E-state index contributed by atoms with van der Waals surface area (Å²) in [6.45, 7) is 23.9. The Morgan fingerprint density at radius 1 is 0.446 bits per heavy atom. The zero-order chi connectivity index (χ0) is 51.7. The first kappa shape index (κ1) is 54.5. The fourth-order valence-electron chi connectivity index (χ4n) is 13.7. The highest BCUT2D eigenvalue weighted by Gasteiger charge is 2.51. The van der Waals surface area contributed by atoms with Crippen LogP contribution in [0.15, 0.2) is 48.5 Å². The van der Waals surface area contributed by atoms with Gasteiger partial charge in [0.1, 0.15) is 30.1 Å². The molecule has 0 spiro atoms. The molecular formula is C63H82N4S6Si. The number of aryl methyl sites for hydroxylation is 2. The topological polar surface area (TPSA) is 51.6 Å². The molecule has 0 saturated heterocycles. The van der Waals surface area contributed by atoms with Crippen LogP contribution < -0.4 is 10.4 Å². The maximum atomic E-state index is 5.24. The molecule has 0 N–H and O–H groups in total. The Kier molecular flexibility index (Phi) is 17.4. The van der Waals surface area contributed by atoms with Crippen LogP contribution in [0.1, 0.15) is 193 Å². The monoisotopic (exact) mass is 1110 g/mol. The van der Waals surface area contributed by atoms with Gasteiger partial charge in [-0.15, -0.1) is 45.3 Å². The fourth-order valence-corrected chi connectivity index (χ4v) is 28.0. The van der Waals surface area contributed by atoms with Gasteiger partial charge in [0, 0.05) is 61.1 Å². The largest absolute Gasteiger partial charge is 0.173 e. The van der Waals surface area contributed by atoms with Gasteiger partial charge < -0.3 is 0 Å². The average Bonchev–Trinajstić information content (AvgIpc) is 4.31. The van der Waals surface area contributed by atoms with Crippen LogP contribution in [-0.2, 0) is 5.41 Å². The highest BCUT2D eigenvalue weighted by molar-refractivity contribution is 7.30. The summed E-state index contributed by atoms with van der Waals surface area (Å²) in [5.41, 5.74) is 12.4. The van der Waals surface area contributed by atoms with E-state index in [1.807, 2.05) is 22.7 Å². The molecule has 74 heavy (non-hydrogen) atoms. The summed E-state index contributed by atoms with van der Waals surface area (Å²) in [6, 6.07) is 22.9. The molecule has 6 aromatic heterocycles. The third-order valence-corrected chi connectivity index (χ3v) is 29.8. The number of rotatable bonds is 27. The second-order valence-corrected chi connectivity index (χ2v) is 32.3. The van der Waals surface area contributed by atoms with Gasteiger partial charge in [-0.05, 0) is 114 Å². The number of hydrogen-bond acceptors (Lipinski definition) is 10. The van der Waals surface area contributed by atoms with E-state index in [0.29, 0.717) is 11.8 Å². The van der Waals surface area contributed by atoms with E-state index in [4.69, 9.17) is 17.5 Å². The second kappa shape index (κ2) is 23.6. The van der Waals surface area contributed by atoms with E-state index in [1.165, 1.54) is 203 Å². The molecule has 8 aromatic rings. The first-order valence-electron chi connectivity index (χ1n) is 29.1. The minimum absolute atomic E-state index is 0.0475. The summed E-state index contributed by atoms with van der Waals surface area (Å²) in [6.07, 6.45) is 23.1. The third kappa shape index (κ3) is 9.99. The van der Waals surface area contributed by atoms with E-state index in [1.54, 1.807) is 31.3 Å². The molecule has 0 fully saturated rings. The molecule has 0 saturated carbocycles. The van der Waals surface area contributed by atoms with E-state index in [-0.39, 0.29) is 5.41 Å². The Bertz CT molecular complexity index is 3140. The molecule has 2 aliphatic rings. The molecule has 0 radical (unpaired) electrons. The summed E-state index contributed by atoms with van der Waals surface area (Å²) in [4.78, 5) is 11.8. The molecular weight excluding hydrogens is 1030 g/mol. The molecule has 394 valence electrons. The molecule has 4 nitrogen and oxygen atoms in total. The summed E-state index contributed by atoms with van der Waals surface area (Å²) >= 11 is 11.0. The molecule has 11 heteroatoms. The van der Waals surface area contributed by atoms with Crippen LogP contribution in [0, 0.1) is 37.5 Å². The lowest BCUT2D eigenvalue weighted by Crippen LogP contribution is -2.56. The van der Waals surface area contributed by atoms with Gasteiger partial charge in [-0.25, -0.2) is 0 Å². The smallest absolute Gasteiger partial charge is 0.122 e. The van der Waals surface area contributed by atoms with Gasteiger partial charge >= 0.3 is 0 Å². The number of unbranched alkanes of at least 4 members (excludes halogenated alkanes) is 4. The second-order valence-electron chi connectivity index (χ2n) is 22.8. The number of aromatic nitrogens is 4. The normalized spacial score (nSPS) is 18.6. The molecule has 1 aliphatic heterocycles. The number of nitrogens with zero attached hydrogens (tertiary/aromatic N) is 4. The van der Waals surface area contributed by atoms with Crippen LogP contribution in [0.4, 0.5) is 0 Å². The SMILES string of the molecule is CCCCC(CC)CC1(CC(CC)CCCC)c2cc(-c3ccc(C)c4nsnc34)sc2-c2sc(-c3ccc(-c4cc5c(s4)-c4sc(C)cc4[Si]5(CC(CC)CCCC)CC(CC)CCCC)c4nsnc34)cc21. The lowest BCUT2D eigenvalue weighted by molar-refractivity contribution is 0.266. The first-order valence-corrected chi connectivity index (χ1v) is 36.2. The van der Waals surface area contributed by atoms with Gasteiger partial charge in [0.2, 0.25) is 0 Å². The lowest BCUT2D eigenvalue weighted by Gasteiger charge is -2.37. The van der Waals surface area contributed by atoms with Crippen molar-refractivity contribution in [1.29, 1.82) is 0 Å². The minimum atomic E-state index is -2.09. The predicted molar refractivity (Wildman–Crippen MR) is 334 cm³/mol. The van der Waals surface area contributed by atoms with E-state index in [0.717, 1.165) is 33.9 Å². The van der Waals surface area contributed by atoms with Gasteiger partial charge in [-0.2, -0.15) is 17.5 Å². The molecule has 4 atom stereocenters. The van der Waals surface area contributed by atoms with Gasteiger partial charge in [-0.3, -0.25) is 0 Å². The van der Waals surface area contributed by atoms with Crippen molar-refractivity contribution < 1.29 is 0 Å². The maximum absolute atomic E-state index is 5.24. The van der Waals surface area contributed by atoms with Gasteiger partial charge in [0.15, 0.2) is 0 Å². The highest BCUT2D eigenvalue weighted by atomic mass is 32.1. The van der Waals surface area contributed by atoms with Crippen molar-refractivity contribution in [2.75, 3.05) is 0 Å². The summed E-state index contributed by atoms with van der Waals surface area (Å²) in [5.74, 6) is 2.91. The molecule has 10 rings (SSSR count). The molecule has 4 unspecified atom stereocenters. The maximum Gasteiger partial charge on any atom is 0.122 e. The van der Waals surface area contributed by atoms with Gasteiger partial charge in [-0.1, -0.05) is 182 Å². The van der Waals surface area contributed by atoms with Crippen molar-refractivity contribution in [2.24, 2.45) is 23.7 Å². The van der Waals surface area contributed by atoms with Crippen LogP contribution in [-0.4, -0.2) is 25.6 Å². The van der Waals surface area contributed by atoms with Crippen molar-refractivity contribution in [2.45, 2.75) is 202 Å². The summed E-state index contributed by atoms with van der Waals surface area (Å²) in [7, 11) is -2.09. The highest BCUT2D eigenvalue weighted by Crippen LogP contribution is 2.63. The molecule has 0 amide bonds. The quantitative estimate of drug-likeness (QED) is 0.0482. The van der Waals surface area contributed by atoms with Crippen molar-refractivity contribution >= 4 is 109 Å². The molecule has 0 bridgehead atoms. The predicted octanol–water partition coefficient (Wildman–Crippen LogP) is 21.0. The number of thiophene rings is 4. The van der Waals surface area contributed by atoms with Gasteiger partial charge in [0.25, 0.3) is 0 Å². The fraction of sp³-hybridized carbons (Fsp3) is 0.556. The zero-order valence-electron chi connectivity index (χ0n) is 46.3. The zero-order valence-corrected chi connectivity index (χ0v) is 52.2. The van der Waals surface area contributed by atoms with Crippen LogP contribution in [0.3, 0.4) is 0 Å². The van der Waals surface area contributed by atoms with Crippen molar-refractivity contribution in [3.8, 4) is 50.8 Å². The third-order valence-electron chi connectivity index (χ3n) is 18.1. The standard InChI is InChI=1S/C63H82N4S6Si/c1-11-19-23-41(15-5)35-63(36-42(16-6)24-20-12-2)48-32-50(45-28-27-39(9)55-56(45)65-72-64-55)69-59(48)60-49(63)33-51(70-60)46-29-30-47(58-57(46)66-73-67-58)52-34-54-62(71-52)61-53(31-40(10)68-61)74(54,37-43(17-7)25-21-13-3)38-44(18-8)26-22-14-4/h27-34,41-44H,11-26,35-38H2,1-10H3.